The van der Waals surface area contributed by atoms with Crippen molar-refractivity contribution in [3.05, 3.63) is 109 Å². The van der Waals surface area contributed by atoms with Crippen LogP contribution in [0.1, 0.15) is 207 Å². The van der Waals surface area contributed by atoms with Gasteiger partial charge in [-0.15, -0.1) is 0 Å². The number of esters is 3. The van der Waals surface area contributed by atoms with Crippen molar-refractivity contribution in [1.29, 1.82) is 0 Å². The van der Waals surface area contributed by atoms with Gasteiger partial charge in [0, 0.05) is 19.3 Å². The lowest BCUT2D eigenvalue weighted by molar-refractivity contribution is -0.166. The zero-order valence-corrected chi connectivity index (χ0v) is 39.8. The standard InChI is InChI=1S/C56H90O6/c1-4-7-10-13-16-19-22-25-27-29-31-34-37-40-43-46-49-55(58)61-52-53(51-60-54(57)48-45-42-39-36-33-30-24-21-18-15-12-9-6-3)62-56(59)50-47-44-41-38-35-32-28-26-23-20-17-14-11-8-5-2/h7,10,16-17,19-20,23,25-27,30-31,33-34,39-40,42-43,53H,4-6,8-9,11-15,18,21-22,24,28-29,32,35-38,41,44-52H2,1-3H3/b10-7-,19-16-,20-17-,26-23-,27-25-,33-30-,34-31-,42-39-,43-40-. The van der Waals surface area contributed by atoms with E-state index >= 15 is 0 Å². The highest BCUT2D eigenvalue weighted by molar-refractivity contribution is 5.71. The summed E-state index contributed by atoms with van der Waals surface area (Å²) in [4.78, 5) is 37.8. The molecule has 0 aliphatic heterocycles. The molecular weight excluding hydrogens is 769 g/mol. The van der Waals surface area contributed by atoms with Gasteiger partial charge in [0.2, 0.25) is 0 Å². The van der Waals surface area contributed by atoms with E-state index in [0.29, 0.717) is 12.8 Å². The monoisotopic (exact) mass is 859 g/mol. The first kappa shape index (κ1) is 58.1. The lowest BCUT2D eigenvalue weighted by Gasteiger charge is -2.18. The maximum absolute atomic E-state index is 12.8. The van der Waals surface area contributed by atoms with Crippen molar-refractivity contribution >= 4 is 17.9 Å². The highest BCUT2D eigenvalue weighted by Gasteiger charge is 2.19. The van der Waals surface area contributed by atoms with Gasteiger partial charge in [-0.05, 0) is 96.3 Å². The Hall–Kier alpha value is -3.93. The van der Waals surface area contributed by atoms with Crippen LogP contribution in [0.25, 0.3) is 0 Å². The smallest absolute Gasteiger partial charge is 0.306 e. The summed E-state index contributed by atoms with van der Waals surface area (Å²) in [6.07, 6.45) is 66.6. The van der Waals surface area contributed by atoms with Gasteiger partial charge in [0.25, 0.3) is 0 Å². The second-order valence-electron chi connectivity index (χ2n) is 16.0. The van der Waals surface area contributed by atoms with E-state index in [9.17, 15) is 14.4 Å². The number of ether oxygens (including phenoxy) is 3. The molecule has 350 valence electrons. The van der Waals surface area contributed by atoms with Crippen molar-refractivity contribution in [2.75, 3.05) is 13.2 Å². The topological polar surface area (TPSA) is 78.9 Å². The quantitative estimate of drug-likeness (QED) is 0.0200. The minimum absolute atomic E-state index is 0.138. The maximum Gasteiger partial charge on any atom is 0.306 e. The highest BCUT2D eigenvalue weighted by atomic mass is 16.6. The zero-order valence-electron chi connectivity index (χ0n) is 39.8. The van der Waals surface area contributed by atoms with Crippen LogP contribution in [-0.4, -0.2) is 37.2 Å². The number of carbonyl (C=O) groups is 3. The number of rotatable bonds is 43. The fraction of sp³-hybridized carbons (Fsp3) is 0.625. The highest BCUT2D eigenvalue weighted by Crippen LogP contribution is 2.12. The molecular formula is C56H90O6. The van der Waals surface area contributed by atoms with Crippen LogP contribution in [0.4, 0.5) is 0 Å². The summed E-state index contributed by atoms with van der Waals surface area (Å²) in [5.41, 5.74) is 0. The van der Waals surface area contributed by atoms with Gasteiger partial charge in [-0.1, -0.05) is 201 Å². The molecule has 0 spiro atoms. The molecule has 0 bridgehead atoms. The molecule has 0 aromatic rings. The molecule has 0 aliphatic rings. The Balaban J connectivity index is 4.60. The Kier molecular flexibility index (Phi) is 46.6. The molecule has 0 saturated heterocycles. The first-order valence-electron chi connectivity index (χ1n) is 24.9. The Bertz CT molecular complexity index is 1310. The van der Waals surface area contributed by atoms with Gasteiger partial charge in [0.1, 0.15) is 13.2 Å². The molecule has 0 heterocycles. The number of hydrogen-bond donors (Lipinski definition) is 0. The lowest BCUT2D eigenvalue weighted by Crippen LogP contribution is -2.30. The second-order valence-corrected chi connectivity index (χ2v) is 16.0. The molecule has 0 amide bonds. The Morgan fingerprint density at radius 2 is 0.710 bits per heavy atom. The second kappa shape index (κ2) is 49.7. The fourth-order valence-corrected chi connectivity index (χ4v) is 6.30. The van der Waals surface area contributed by atoms with E-state index < -0.39 is 6.10 Å². The van der Waals surface area contributed by atoms with Crippen LogP contribution in [-0.2, 0) is 28.6 Å². The van der Waals surface area contributed by atoms with Crippen LogP contribution >= 0.6 is 0 Å². The van der Waals surface area contributed by atoms with Crippen LogP contribution in [0, 0.1) is 0 Å². The molecule has 0 aliphatic carbocycles. The number of allylic oxidation sites excluding steroid dienone is 18. The molecule has 1 atom stereocenters. The van der Waals surface area contributed by atoms with Gasteiger partial charge < -0.3 is 14.2 Å². The number of unbranched alkanes of at least 4 members (excludes halogenated alkanes) is 15. The van der Waals surface area contributed by atoms with E-state index in [1.54, 1.807) is 0 Å². The molecule has 1 unspecified atom stereocenters. The summed E-state index contributed by atoms with van der Waals surface area (Å²) < 4.78 is 16.6. The van der Waals surface area contributed by atoms with Crippen molar-refractivity contribution in [3.63, 3.8) is 0 Å². The average Bonchev–Trinajstić information content (AvgIpc) is 3.27. The van der Waals surface area contributed by atoms with E-state index in [1.165, 1.54) is 70.6 Å². The third kappa shape index (κ3) is 47.1. The molecule has 6 nitrogen and oxygen atoms in total. The Labute approximate surface area is 380 Å². The van der Waals surface area contributed by atoms with E-state index in [-0.39, 0.29) is 50.4 Å². The van der Waals surface area contributed by atoms with Gasteiger partial charge >= 0.3 is 17.9 Å². The third-order valence-corrected chi connectivity index (χ3v) is 10.0. The van der Waals surface area contributed by atoms with Crippen molar-refractivity contribution in [2.24, 2.45) is 0 Å². The van der Waals surface area contributed by atoms with Crippen molar-refractivity contribution < 1.29 is 28.6 Å². The summed E-state index contributed by atoms with van der Waals surface area (Å²) in [6, 6.07) is 0. The first-order valence-corrected chi connectivity index (χ1v) is 24.9. The minimum atomic E-state index is -0.837. The molecule has 6 heteroatoms. The van der Waals surface area contributed by atoms with E-state index in [0.717, 1.165) is 83.5 Å². The first-order chi connectivity index (χ1) is 30.5. The summed E-state index contributed by atoms with van der Waals surface area (Å²) in [6.45, 7) is 6.34. The predicted octanol–water partition coefficient (Wildman–Crippen LogP) is 16.4. The SMILES string of the molecule is CC/C=C\C/C=C\C/C=C\C/C=C\C/C=C\CCC(=O)OCC(COC(=O)CC/C=C\C/C=C\CCCCCCCC)OC(=O)CCCCCCCC/C=C\C=C/CCCCC. The molecule has 0 fully saturated rings. The van der Waals surface area contributed by atoms with Crippen molar-refractivity contribution in [2.45, 2.75) is 213 Å². The molecule has 62 heavy (non-hydrogen) atoms. The van der Waals surface area contributed by atoms with E-state index in [4.69, 9.17) is 14.2 Å². The van der Waals surface area contributed by atoms with Gasteiger partial charge in [0.15, 0.2) is 6.10 Å². The normalized spacial score (nSPS) is 13.0. The van der Waals surface area contributed by atoms with Crippen LogP contribution in [0.3, 0.4) is 0 Å². The molecule has 0 aromatic carbocycles. The fourth-order valence-electron chi connectivity index (χ4n) is 6.30. The molecule has 0 rings (SSSR count). The summed E-state index contributed by atoms with van der Waals surface area (Å²) in [7, 11) is 0. The summed E-state index contributed by atoms with van der Waals surface area (Å²) >= 11 is 0. The van der Waals surface area contributed by atoms with Crippen LogP contribution < -0.4 is 0 Å². The largest absolute Gasteiger partial charge is 0.462 e. The van der Waals surface area contributed by atoms with E-state index in [1.807, 2.05) is 18.2 Å². The molecule has 0 radical (unpaired) electrons. The van der Waals surface area contributed by atoms with Crippen LogP contribution in [0.15, 0.2) is 109 Å². The van der Waals surface area contributed by atoms with Crippen LogP contribution in [0.2, 0.25) is 0 Å². The Morgan fingerprint density at radius 3 is 1.18 bits per heavy atom. The Morgan fingerprint density at radius 1 is 0.355 bits per heavy atom. The van der Waals surface area contributed by atoms with Crippen molar-refractivity contribution in [3.8, 4) is 0 Å². The molecule has 0 saturated carbocycles. The van der Waals surface area contributed by atoms with Crippen molar-refractivity contribution in [1.82, 2.24) is 0 Å². The van der Waals surface area contributed by atoms with Crippen LogP contribution in [0.5, 0.6) is 0 Å². The lowest BCUT2D eigenvalue weighted by atomic mass is 10.1. The van der Waals surface area contributed by atoms with Gasteiger partial charge in [-0.25, -0.2) is 0 Å². The van der Waals surface area contributed by atoms with E-state index in [2.05, 4.69) is 112 Å². The maximum atomic E-state index is 12.8. The van der Waals surface area contributed by atoms with Gasteiger partial charge in [-0.2, -0.15) is 0 Å². The summed E-state index contributed by atoms with van der Waals surface area (Å²) in [5.74, 6) is -1.10. The zero-order chi connectivity index (χ0) is 45.1. The third-order valence-electron chi connectivity index (χ3n) is 10.0. The molecule has 0 N–H and O–H groups in total. The summed E-state index contributed by atoms with van der Waals surface area (Å²) in [5, 5.41) is 0. The molecule has 0 aromatic heterocycles. The number of hydrogen-bond acceptors (Lipinski definition) is 6. The minimum Gasteiger partial charge on any atom is -0.462 e. The van der Waals surface area contributed by atoms with Gasteiger partial charge in [0.05, 0.1) is 0 Å². The van der Waals surface area contributed by atoms with Gasteiger partial charge in [-0.3, -0.25) is 14.4 Å². The predicted molar refractivity (Wildman–Crippen MR) is 265 cm³/mol. The number of carbonyl (C=O) groups excluding carboxylic acids is 3. The average molecular weight is 859 g/mol.